The van der Waals surface area contributed by atoms with Gasteiger partial charge < -0.3 is 16.4 Å². The first-order valence-corrected chi connectivity index (χ1v) is 9.78. The van der Waals surface area contributed by atoms with E-state index < -0.39 is 0 Å². The van der Waals surface area contributed by atoms with Gasteiger partial charge in [0.1, 0.15) is 23.8 Å². The first kappa shape index (κ1) is 19.3. The van der Waals surface area contributed by atoms with Crippen molar-refractivity contribution in [1.82, 2.24) is 14.9 Å². The topological polar surface area (TPSA) is 84.3 Å². The van der Waals surface area contributed by atoms with Gasteiger partial charge in [-0.05, 0) is 23.3 Å². The molecule has 1 saturated heterocycles. The highest BCUT2D eigenvalue weighted by Gasteiger charge is 2.26. The zero-order valence-corrected chi connectivity index (χ0v) is 16.2. The molecular weight excluding hydrogens is 367 g/mol. The van der Waals surface area contributed by atoms with Crippen molar-refractivity contribution in [2.45, 2.75) is 6.04 Å². The Labute approximate surface area is 170 Å². The van der Waals surface area contributed by atoms with Crippen LogP contribution in [0, 0.1) is 5.82 Å². The second kappa shape index (κ2) is 8.55. The highest BCUT2D eigenvalue weighted by Crippen LogP contribution is 2.34. The molecule has 2 aromatic carbocycles. The second-order valence-electron chi connectivity index (χ2n) is 7.15. The van der Waals surface area contributed by atoms with Gasteiger partial charge in [0.2, 0.25) is 0 Å². The maximum Gasteiger partial charge on any atom is 0.142 e. The van der Waals surface area contributed by atoms with Gasteiger partial charge in [-0.2, -0.15) is 0 Å². The standard InChI is InChI=1S/C22H25FN6/c23-18-8-6-17(7-9-18)20-21(25)26-15-27-22(20)29-12-10-28(11-13-29)19(14-24)16-4-2-1-3-5-16/h1-9,15,19H,10-14,24H2,(H2,25,26,27). The molecular formula is C22H25FN6. The molecule has 4 rings (SSSR count). The molecule has 0 bridgehead atoms. The summed E-state index contributed by atoms with van der Waals surface area (Å²) >= 11 is 0. The summed E-state index contributed by atoms with van der Waals surface area (Å²) in [5.41, 5.74) is 15.1. The van der Waals surface area contributed by atoms with Gasteiger partial charge in [-0.3, -0.25) is 4.90 Å². The lowest BCUT2D eigenvalue weighted by molar-refractivity contribution is 0.190. The Morgan fingerprint density at radius 2 is 1.62 bits per heavy atom. The van der Waals surface area contributed by atoms with Crippen molar-refractivity contribution in [3.05, 3.63) is 72.3 Å². The van der Waals surface area contributed by atoms with Crippen LogP contribution < -0.4 is 16.4 Å². The lowest BCUT2D eigenvalue weighted by Crippen LogP contribution is -2.49. The van der Waals surface area contributed by atoms with Crippen molar-refractivity contribution in [3.63, 3.8) is 0 Å². The van der Waals surface area contributed by atoms with E-state index in [1.54, 1.807) is 12.1 Å². The molecule has 6 nitrogen and oxygen atoms in total. The van der Waals surface area contributed by atoms with E-state index in [9.17, 15) is 4.39 Å². The molecule has 1 atom stereocenters. The number of aromatic nitrogens is 2. The van der Waals surface area contributed by atoms with Crippen LogP contribution in [-0.2, 0) is 0 Å². The minimum absolute atomic E-state index is 0.199. The quantitative estimate of drug-likeness (QED) is 0.695. The summed E-state index contributed by atoms with van der Waals surface area (Å²) < 4.78 is 13.4. The lowest BCUT2D eigenvalue weighted by Gasteiger charge is -2.40. The second-order valence-corrected chi connectivity index (χ2v) is 7.15. The molecule has 2 heterocycles. The lowest BCUT2D eigenvalue weighted by atomic mass is 10.0. The van der Waals surface area contributed by atoms with Gasteiger partial charge in [0.25, 0.3) is 0 Å². The van der Waals surface area contributed by atoms with E-state index in [-0.39, 0.29) is 11.9 Å². The van der Waals surface area contributed by atoms with Crippen molar-refractivity contribution < 1.29 is 4.39 Å². The third-order valence-electron chi connectivity index (χ3n) is 5.45. The Balaban J connectivity index is 1.55. The van der Waals surface area contributed by atoms with Gasteiger partial charge in [0.15, 0.2) is 0 Å². The van der Waals surface area contributed by atoms with Crippen LogP contribution in [0.25, 0.3) is 11.1 Å². The molecule has 1 aliphatic rings. The predicted octanol–water partition coefficient (Wildman–Crippen LogP) is 2.69. The summed E-state index contributed by atoms with van der Waals surface area (Å²) in [4.78, 5) is 13.3. The largest absolute Gasteiger partial charge is 0.383 e. The smallest absolute Gasteiger partial charge is 0.142 e. The van der Waals surface area contributed by atoms with Crippen LogP contribution in [0.15, 0.2) is 60.9 Å². The minimum atomic E-state index is -0.284. The molecule has 1 fully saturated rings. The van der Waals surface area contributed by atoms with Gasteiger partial charge >= 0.3 is 0 Å². The summed E-state index contributed by atoms with van der Waals surface area (Å²) in [6.45, 7) is 3.90. The fourth-order valence-corrected chi connectivity index (χ4v) is 3.94. The molecule has 0 spiro atoms. The Kier molecular flexibility index (Phi) is 5.69. The van der Waals surface area contributed by atoms with Gasteiger partial charge in [-0.1, -0.05) is 42.5 Å². The molecule has 0 saturated carbocycles. The number of nitrogens with zero attached hydrogens (tertiary/aromatic N) is 4. The number of halogens is 1. The van der Waals surface area contributed by atoms with Gasteiger partial charge in [-0.15, -0.1) is 0 Å². The maximum absolute atomic E-state index is 13.4. The third kappa shape index (κ3) is 4.06. The summed E-state index contributed by atoms with van der Waals surface area (Å²) in [5, 5.41) is 0. The number of benzene rings is 2. The molecule has 0 radical (unpaired) electrons. The number of piperazine rings is 1. The fourth-order valence-electron chi connectivity index (χ4n) is 3.94. The van der Waals surface area contributed by atoms with Crippen molar-refractivity contribution in [2.75, 3.05) is 43.4 Å². The van der Waals surface area contributed by atoms with Gasteiger partial charge in [-0.25, -0.2) is 14.4 Å². The number of rotatable bonds is 5. The molecule has 0 aliphatic carbocycles. The van der Waals surface area contributed by atoms with Crippen molar-refractivity contribution in [3.8, 4) is 11.1 Å². The molecule has 1 aliphatic heterocycles. The summed E-state index contributed by atoms with van der Waals surface area (Å²) in [7, 11) is 0. The average Bonchev–Trinajstić information content (AvgIpc) is 2.76. The summed E-state index contributed by atoms with van der Waals surface area (Å²) in [6.07, 6.45) is 1.48. The first-order valence-electron chi connectivity index (χ1n) is 9.78. The molecule has 150 valence electrons. The molecule has 7 heteroatoms. The fraction of sp³-hybridized carbons (Fsp3) is 0.273. The Morgan fingerprint density at radius 3 is 2.28 bits per heavy atom. The van der Waals surface area contributed by atoms with E-state index >= 15 is 0 Å². The van der Waals surface area contributed by atoms with Crippen LogP contribution in [-0.4, -0.2) is 47.6 Å². The zero-order valence-electron chi connectivity index (χ0n) is 16.2. The Hall–Kier alpha value is -3.03. The molecule has 1 aromatic heterocycles. The van der Waals surface area contributed by atoms with Crippen LogP contribution in [0.1, 0.15) is 11.6 Å². The van der Waals surface area contributed by atoms with E-state index in [1.807, 2.05) is 18.2 Å². The highest BCUT2D eigenvalue weighted by atomic mass is 19.1. The monoisotopic (exact) mass is 392 g/mol. The van der Waals surface area contributed by atoms with Crippen molar-refractivity contribution in [1.29, 1.82) is 0 Å². The Bertz CT molecular complexity index is 939. The summed E-state index contributed by atoms with van der Waals surface area (Å²) in [5.74, 6) is 0.897. The number of hydrogen-bond acceptors (Lipinski definition) is 6. The van der Waals surface area contributed by atoms with E-state index in [0.717, 1.165) is 43.1 Å². The highest BCUT2D eigenvalue weighted by molar-refractivity contribution is 5.84. The van der Waals surface area contributed by atoms with E-state index in [1.165, 1.54) is 24.0 Å². The molecule has 3 aromatic rings. The molecule has 0 amide bonds. The van der Waals surface area contributed by atoms with Crippen LogP contribution >= 0.6 is 0 Å². The van der Waals surface area contributed by atoms with Crippen LogP contribution in [0.4, 0.5) is 16.0 Å². The van der Waals surface area contributed by atoms with Crippen molar-refractivity contribution in [2.24, 2.45) is 5.73 Å². The van der Waals surface area contributed by atoms with Gasteiger partial charge in [0.05, 0.1) is 5.56 Å². The first-order chi connectivity index (χ1) is 14.2. The minimum Gasteiger partial charge on any atom is -0.383 e. The van der Waals surface area contributed by atoms with E-state index in [4.69, 9.17) is 11.5 Å². The third-order valence-corrected chi connectivity index (χ3v) is 5.45. The van der Waals surface area contributed by atoms with Crippen LogP contribution in [0.5, 0.6) is 0 Å². The number of hydrogen-bond donors (Lipinski definition) is 2. The number of nitrogen functional groups attached to an aromatic ring is 1. The van der Waals surface area contributed by atoms with E-state index in [0.29, 0.717) is 12.4 Å². The zero-order chi connectivity index (χ0) is 20.2. The van der Waals surface area contributed by atoms with Crippen molar-refractivity contribution >= 4 is 11.6 Å². The summed E-state index contributed by atoms with van der Waals surface area (Å²) in [6, 6.07) is 16.8. The average molecular weight is 392 g/mol. The predicted molar refractivity (Wildman–Crippen MR) is 114 cm³/mol. The van der Waals surface area contributed by atoms with Gasteiger partial charge in [0, 0.05) is 38.8 Å². The van der Waals surface area contributed by atoms with E-state index in [2.05, 4.69) is 31.9 Å². The molecule has 4 N–H and O–H groups in total. The van der Waals surface area contributed by atoms with Crippen LogP contribution in [0.2, 0.25) is 0 Å². The molecule has 29 heavy (non-hydrogen) atoms. The normalized spacial score (nSPS) is 16.0. The molecule has 1 unspecified atom stereocenters. The van der Waals surface area contributed by atoms with Crippen LogP contribution in [0.3, 0.4) is 0 Å². The maximum atomic E-state index is 13.4. The number of anilines is 2. The SMILES string of the molecule is NCC(c1ccccc1)N1CCN(c2ncnc(N)c2-c2ccc(F)cc2)CC1. The number of nitrogens with two attached hydrogens (primary N) is 2. The Morgan fingerprint density at radius 1 is 0.931 bits per heavy atom.